The molecular formula is C16H30IN5O2. The molecular weight excluding hydrogens is 421 g/mol. The van der Waals surface area contributed by atoms with E-state index in [-0.39, 0.29) is 42.3 Å². The maximum absolute atomic E-state index is 12.3. The summed E-state index contributed by atoms with van der Waals surface area (Å²) < 4.78 is 0. The third kappa shape index (κ3) is 6.10. The van der Waals surface area contributed by atoms with Crippen LogP contribution in [-0.4, -0.2) is 85.3 Å². The van der Waals surface area contributed by atoms with Gasteiger partial charge >= 0.3 is 0 Å². The molecule has 2 amide bonds. The monoisotopic (exact) mass is 451 g/mol. The van der Waals surface area contributed by atoms with Gasteiger partial charge in [-0.25, -0.2) is 4.99 Å². The standard InChI is InChI=1S/C16H29N5O2.HI/c1-12(2)9-17-16(18-10-14(22)19(3)4)20-7-8-21(13-5-6-13)15(23)11-20;/h12-13H,5-11H2,1-4H3,(H,17,18);1H. The first kappa shape index (κ1) is 21.0. The minimum Gasteiger partial charge on any atom is -0.356 e. The van der Waals surface area contributed by atoms with Crippen LogP contribution in [0, 0.1) is 5.92 Å². The number of aliphatic imine (C=N–C) groups is 1. The first-order valence-electron chi connectivity index (χ1n) is 8.41. The van der Waals surface area contributed by atoms with Crippen LogP contribution in [0.5, 0.6) is 0 Å². The second-order valence-corrected chi connectivity index (χ2v) is 6.94. The molecule has 0 unspecified atom stereocenters. The number of likely N-dealkylation sites (N-methyl/N-ethyl adjacent to an activating group) is 1. The molecule has 2 rings (SSSR count). The van der Waals surface area contributed by atoms with E-state index in [4.69, 9.17) is 0 Å². The van der Waals surface area contributed by atoms with Crippen molar-refractivity contribution in [2.24, 2.45) is 10.9 Å². The van der Waals surface area contributed by atoms with Crippen LogP contribution in [0.3, 0.4) is 0 Å². The molecule has 1 aliphatic heterocycles. The van der Waals surface area contributed by atoms with E-state index in [1.807, 2.05) is 9.80 Å². The number of nitrogens with zero attached hydrogens (tertiary/aromatic N) is 4. The summed E-state index contributed by atoms with van der Waals surface area (Å²) in [7, 11) is 3.44. The van der Waals surface area contributed by atoms with Gasteiger partial charge in [-0.2, -0.15) is 0 Å². The summed E-state index contributed by atoms with van der Waals surface area (Å²) in [6.45, 7) is 6.96. The molecule has 7 nitrogen and oxygen atoms in total. The van der Waals surface area contributed by atoms with Gasteiger partial charge in [-0.15, -0.1) is 24.0 Å². The van der Waals surface area contributed by atoms with Crippen molar-refractivity contribution in [2.75, 3.05) is 46.8 Å². The van der Waals surface area contributed by atoms with Gasteiger partial charge in [0, 0.05) is 39.8 Å². The number of hydrogen-bond acceptors (Lipinski definition) is 3. The van der Waals surface area contributed by atoms with E-state index in [1.165, 1.54) is 4.90 Å². The highest BCUT2D eigenvalue weighted by molar-refractivity contribution is 14.0. The number of rotatable bonds is 5. The van der Waals surface area contributed by atoms with Crippen molar-refractivity contribution in [1.82, 2.24) is 20.0 Å². The summed E-state index contributed by atoms with van der Waals surface area (Å²) in [5.74, 6) is 1.25. The molecule has 1 saturated heterocycles. The quantitative estimate of drug-likeness (QED) is 0.378. The molecule has 0 aromatic carbocycles. The van der Waals surface area contributed by atoms with Crippen LogP contribution in [0.15, 0.2) is 4.99 Å². The number of piperazine rings is 1. The fourth-order valence-corrected chi connectivity index (χ4v) is 2.49. The Morgan fingerprint density at radius 1 is 1.33 bits per heavy atom. The zero-order chi connectivity index (χ0) is 17.0. The van der Waals surface area contributed by atoms with Crippen LogP contribution in [-0.2, 0) is 9.59 Å². The van der Waals surface area contributed by atoms with Gasteiger partial charge in [-0.05, 0) is 18.8 Å². The van der Waals surface area contributed by atoms with Gasteiger partial charge in [0.1, 0.15) is 6.54 Å². The van der Waals surface area contributed by atoms with Crippen molar-refractivity contribution in [1.29, 1.82) is 0 Å². The molecule has 0 atom stereocenters. The van der Waals surface area contributed by atoms with Gasteiger partial charge in [-0.1, -0.05) is 13.8 Å². The summed E-state index contributed by atoms with van der Waals surface area (Å²) in [4.78, 5) is 34.0. The lowest BCUT2D eigenvalue weighted by Crippen LogP contribution is -2.56. The molecule has 138 valence electrons. The van der Waals surface area contributed by atoms with Crippen molar-refractivity contribution in [3.63, 3.8) is 0 Å². The normalized spacial score (nSPS) is 18.5. The predicted octanol–water partition coefficient (Wildman–Crippen LogP) is 0.601. The fourth-order valence-electron chi connectivity index (χ4n) is 2.49. The Labute approximate surface area is 161 Å². The highest BCUT2D eigenvalue weighted by Gasteiger charge is 2.36. The van der Waals surface area contributed by atoms with Gasteiger partial charge in [0.05, 0.1) is 6.54 Å². The highest BCUT2D eigenvalue weighted by Crippen LogP contribution is 2.28. The largest absolute Gasteiger partial charge is 0.356 e. The Morgan fingerprint density at radius 3 is 2.50 bits per heavy atom. The topological polar surface area (TPSA) is 68.2 Å². The average Bonchev–Trinajstić information content (AvgIpc) is 3.31. The summed E-state index contributed by atoms with van der Waals surface area (Å²) >= 11 is 0. The molecule has 0 aromatic heterocycles. The molecule has 0 bridgehead atoms. The molecule has 1 saturated carbocycles. The van der Waals surface area contributed by atoms with Crippen LogP contribution in [0.25, 0.3) is 0 Å². The Morgan fingerprint density at radius 2 is 2.00 bits per heavy atom. The second kappa shape index (κ2) is 9.43. The average molecular weight is 451 g/mol. The van der Waals surface area contributed by atoms with E-state index in [1.54, 1.807) is 14.1 Å². The third-order valence-electron chi connectivity index (χ3n) is 4.08. The van der Waals surface area contributed by atoms with Crippen LogP contribution < -0.4 is 5.32 Å². The van der Waals surface area contributed by atoms with Crippen molar-refractivity contribution < 1.29 is 9.59 Å². The zero-order valence-electron chi connectivity index (χ0n) is 15.1. The van der Waals surface area contributed by atoms with Crippen LogP contribution >= 0.6 is 24.0 Å². The van der Waals surface area contributed by atoms with Gasteiger partial charge in [0.2, 0.25) is 11.8 Å². The lowest BCUT2D eigenvalue weighted by molar-refractivity contribution is -0.135. The first-order chi connectivity index (χ1) is 10.9. The Bertz CT molecular complexity index is 477. The molecule has 1 heterocycles. The second-order valence-electron chi connectivity index (χ2n) is 6.94. The van der Waals surface area contributed by atoms with Gasteiger partial charge < -0.3 is 20.0 Å². The Hall–Kier alpha value is -1.06. The van der Waals surface area contributed by atoms with Crippen molar-refractivity contribution in [2.45, 2.75) is 32.7 Å². The third-order valence-corrected chi connectivity index (χ3v) is 4.08. The number of carbonyl (C=O) groups excluding carboxylic acids is 2. The molecule has 0 radical (unpaired) electrons. The number of carbonyl (C=O) groups is 2. The van der Waals surface area contributed by atoms with Crippen LogP contribution in [0.2, 0.25) is 0 Å². The fraction of sp³-hybridized carbons (Fsp3) is 0.812. The first-order valence-corrected chi connectivity index (χ1v) is 8.41. The molecule has 1 aliphatic carbocycles. The van der Waals surface area contributed by atoms with E-state index in [0.717, 1.165) is 32.5 Å². The summed E-state index contributed by atoms with van der Waals surface area (Å²) in [5, 5.41) is 3.30. The highest BCUT2D eigenvalue weighted by atomic mass is 127. The lowest BCUT2D eigenvalue weighted by atomic mass is 10.2. The smallest absolute Gasteiger partial charge is 0.243 e. The van der Waals surface area contributed by atoms with E-state index in [9.17, 15) is 9.59 Å². The minimum atomic E-state index is -0.0446. The molecule has 2 fully saturated rings. The molecule has 8 heteroatoms. The molecule has 2 aliphatic rings. The molecule has 0 spiro atoms. The van der Waals surface area contributed by atoms with Crippen molar-refractivity contribution in [3.8, 4) is 0 Å². The van der Waals surface area contributed by atoms with E-state index >= 15 is 0 Å². The number of halogens is 1. The Balaban J connectivity index is 0.00000288. The van der Waals surface area contributed by atoms with E-state index in [0.29, 0.717) is 24.5 Å². The zero-order valence-corrected chi connectivity index (χ0v) is 17.4. The van der Waals surface area contributed by atoms with Crippen molar-refractivity contribution in [3.05, 3.63) is 0 Å². The number of amides is 2. The maximum Gasteiger partial charge on any atom is 0.243 e. The SMILES string of the molecule is CC(C)CNC(=NCC(=O)N(C)C)N1CCN(C2CC2)C(=O)C1.I. The van der Waals surface area contributed by atoms with Gasteiger partial charge in [-0.3, -0.25) is 9.59 Å². The number of guanidine groups is 1. The predicted molar refractivity (Wildman–Crippen MR) is 106 cm³/mol. The van der Waals surface area contributed by atoms with Crippen LogP contribution in [0.1, 0.15) is 26.7 Å². The molecule has 0 aromatic rings. The summed E-state index contributed by atoms with van der Waals surface area (Å²) in [6.07, 6.45) is 2.27. The molecule has 24 heavy (non-hydrogen) atoms. The number of hydrogen-bond donors (Lipinski definition) is 1. The van der Waals surface area contributed by atoms with Crippen LogP contribution in [0.4, 0.5) is 0 Å². The molecule has 1 N–H and O–H groups in total. The summed E-state index contributed by atoms with van der Waals surface area (Å²) in [6, 6.07) is 0.462. The van der Waals surface area contributed by atoms with E-state index < -0.39 is 0 Å². The lowest BCUT2D eigenvalue weighted by Gasteiger charge is -2.36. The van der Waals surface area contributed by atoms with Crippen molar-refractivity contribution >= 4 is 41.8 Å². The van der Waals surface area contributed by atoms with E-state index in [2.05, 4.69) is 24.2 Å². The number of nitrogens with one attached hydrogen (secondary N) is 1. The maximum atomic E-state index is 12.3. The van der Waals surface area contributed by atoms with Gasteiger partial charge in [0.25, 0.3) is 0 Å². The summed E-state index contributed by atoms with van der Waals surface area (Å²) in [5.41, 5.74) is 0. The van der Waals surface area contributed by atoms with Gasteiger partial charge in [0.15, 0.2) is 5.96 Å². The minimum absolute atomic E-state index is 0. The Kier molecular flexibility index (Phi) is 8.24.